The molecule has 0 spiro atoms. The topological polar surface area (TPSA) is 103 Å². The van der Waals surface area contributed by atoms with Gasteiger partial charge in [-0.05, 0) is 61.7 Å². The van der Waals surface area contributed by atoms with Gasteiger partial charge >= 0.3 is 0 Å². The van der Waals surface area contributed by atoms with Crippen LogP contribution in [0.5, 0.6) is 5.75 Å². The predicted molar refractivity (Wildman–Crippen MR) is 115 cm³/mol. The van der Waals surface area contributed by atoms with Crippen molar-refractivity contribution in [1.82, 2.24) is 4.57 Å². The number of rotatable bonds is 4. The Morgan fingerprint density at radius 2 is 2.00 bits per heavy atom. The molecule has 7 nitrogen and oxygen atoms in total. The smallest absolute Gasteiger partial charge is 0.238 e. The van der Waals surface area contributed by atoms with Crippen LogP contribution in [0, 0.1) is 11.8 Å². The second-order valence-electron chi connectivity index (χ2n) is 7.08. The van der Waals surface area contributed by atoms with Crippen LogP contribution < -0.4 is 15.2 Å². The van der Waals surface area contributed by atoms with Crippen LogP contribution >= 0.6 is 0 Å². The molecule has 154 valence electrons. The zero-order valence-corrected chi connectivity index (χ0v) is 17.3. The number of carbonyl (C=O) groups is 1. The number of nitrogens with zero attached hydrogens (tertiary/aromatic N) is 1. The van der Waals surface area contributed by atoms with Gasteiger partial charge in [0.2, 0.25) is 10.0 Å². The summed E-state index contributed by atoms with van der Waals surface area (Å²) in [5.74, 6) is 7.01. The lowest BCUT2D eigenvalue weighted by atomic mass is 10.1. The van der Waals surface area contributed by atoms with Gasteiger partial charge in [-0.15, -0.1) is 0 Å². The van der Waals surface area contributed by atoms with Crippen molar-refractivity contribution < 1.29 is 17.9 Å². The van der Waals surface area contributed by atoms with E-state index in [1.807, 2.05) is 12.1 Å². The number of anilines is 1. The Balaban J connectivity index is 1.57. The van der Waals surface area contributed by atoms with Gasteiger partial charge in [-0.3, -0.25) is 4.79 Å². The lowest BCUT2D eigenvalue weighted by Gasteiger charge is -2.07. The Morgan fingerprint density at radius 3 is 2.70 bits per heavy atom. The summed E-state index contributed by atoms with van der Waals surface area (Å²) in [4.78, 5) is 11.9. The summed E-state index contributed by atoms with van der Waals surface area (Å²) in [6.45, 7) is 3.32. The van der Waals surface area contributed by atoms with E-state index in [0.29, 0.717) is 18.7 Å². The van der Waals surface area contributed by atoms with Crippen LogP contribution in [-0.4, -0.2) is 31.9 Å². The van der Waals surface area contributed by atoms with E-state index in [9.17, 15) is 13.2 Å². The third-order valence-electron chi connectivity index (χ3n) is 4.93. The average Bonchev–Trinajstić information content (AvgIpc) is 2.90. The molecule has 0 saturated heterocycles. The van der Waals surface area contributed by atoms with Crippen LogP contribution in [0.15, 0.2) is 47.4 Å². The summed E-state index contributed by atoms with van der Waals surface area (Å²) in [6.07, 6.45) is 0.858. The maximum Gasteiger partial charge on any atom is 0.238 e. The van der Waals surface area contributed by atoms with Crippen molar-refractivity contribution >= 4 is 32.4 Å². The standard InChI is InChI=1S/C22H21N3O4S/c1-15(26)16-12-17-13-19(25-10-3-11-29-21(14-16)22(17)25)4-2-9-24-18-5-7-20(8-6-18)30(23,27)28/h5-8,12-14,24H,3,9-11H2,1H3,(H2,23,27,28). The Labute approximate surface area is 174 Å². The quantitative estimate of drug-likeness (QED) is 0.496. The molecule has 4 rings (SSSR count). The zero-order valence-electron chi connectivity index (χ0n) is 16.4. The van der Waals surface area contributed by atoms with Gasteiger partial charge in [-0.2, -0.15) is 0 Å². The summed E-state index contributed by atoms with van der Waals surface area (Å²) < 4.78 is 30.6. The van der Waals surface area contributed by atoms with E-state index in [4.69, 9.17) is 9.88 Å². The maximum absolute atomic E-state index is 11.8. The second-order valence-corrected chi connectivity index (χ2v) is 8.64. The molecule has 1 aliphatic heterocycles. The van der Waals surface area contributed by atoms with Gasteiger partial charge in [0.15, 0.2) is 5.78 Å². The Kier molecular flexibility index (Phi) is 5.24. The first kappa shape index (κ1) is 20.0. The number of sulfonamides is 1. The molecule has 0 bridgehead atoms. The third kappa shape index (κ3) is 4.03. The van der Waals surface area contributed by atoms with Gasteiger partial charge in [-0.25, -0.2) is 13.6 Å². The molecule has 1 aromatic heterocycles. The summed E-state index contributed by atoms with van der Waals surface area (Å²) in [5, 5.41) is 9.18. The molecule has 0 atom stereocenters. The molecule has 0 amide bonds. The number of hydrogen-bond acceptors (Lipinski definition) is 5. The van der Waals surface area contributed by atoms with Crippen molar-refractivity contribution in [2.24, 2.45) is 5.14 Å². The van der Waals surface area contributed by atoms with E-state index in [0.717, 1.165) is 41.0 Å². The van der Waals surface area contributed by atoms with Gasteiger partial charge in [-0.1, -0.05) is 5.92 Å². The fourth-order valence-corrected chi connectivity index (χ4v) is 3.99. The van der Waals surface area contributed by atoms with E-state index >= 15 is 0 Å². The fourth-order valence-electron chi connectivity index (χ4n) is 3.47. The molecule has 0 unspecified atom stereocenters. The van der Waals surface area contributed by atoms with Crippen LogP contribution in [0.4, 0.5) is 5.69 Å². The van der Waals surface area contributed by atoms with Crippen molar-refractivity contribution in [3.63, 3.8) is 0 Å². The summed E-state index contributed by atoms with van der Waals surface area (Å²) in [6, 6.07) is 11.9. The monoisotopic (exact) mass is 423 g/mol. The van der Waals surface area contributed by atoms with Gasteiger partial charge in [0.1, 0.15) is 5.75 Å². The highest BCUT2D eigenvalue weighted by Crippen LogP contribution is 2.33. The number of ketones is 1. The highest BCUT2D eigenvalue weighted by atomic mass is 32.2. The number of aryl methyl sites for hydroxylation is 1. The van der Waals surface area contributed by atoms with E-state index < -0.39 is 10.0 Å². The van der Waals surface area contributed by atoms with Crippen molar-refractivity contribution in [2.45, 2.75) is 24.8 Å². The molecule has 8 heteroatoms. The van der Waals surface area contributed by atoms with E-state index in [1.165, 1.54) is 12.1 Å². The Bertz CT molecular complexity index is 1300. The lowest BCUT2D eigenvalue weighted by Crippen LogP contribution is -2.12. The first-order valence-corrected chi connectivity index (χ1v) is 11.0. The van der Waals surface area contributed by atoms with Crippen molar-refractivity contribution in [2.75, 3.05) is 18.5 Å². The molecular weight excluding hydrogens is 402 g/mol. The summed E-state index contributed by atoms with van der Waals surface area (Å²) >= 11 is 0. The van der Waals surface area contributed by atoms with E-state index in [-0.39, 0.29) is 10.7 Å². The molecule has 2 aromatic carbocycles. The first-order valence-electron chi connectivity index (χ1n) is 9.49. The minimum Gasteiger partial charge on any atom is -0.491 e. The highest BCUT2D eigenvalue weighted by Gasteiger charge is 2.18. The van der Waals surface area contributed by atoms with Crippen LogP contribution in [0.25, 0.3) is 10.9 Å². The number of benzene rings is 2. The van der Waals surface area contributed by atoms with Crippen molar-refractivity contribution in [3.05, 3.63) is 53.7 Å². The van der Waals surface area contributed by atoms with Gasteiger partial charge in [0, 0.05) is 23.2 Å². The van der Waals surface area contributed by atoms with Crippen molar-refractivity contribution in [3.8, 4) is 17.6 Å². The van der Waals surface area contributed by atoms with Gasteiger partial charge < -0.3 is 14.6 Å². The van der Waals surface area contributed by atoms with Crippen molar-refractivity contribution in [1.29, 1.82) is 0 Å². The van der Waals surface area contributed by atoms with Gasteiger partial charge in [0.05, 0.1) is 29.3 Å². The maximum atomic E-state index is 11.8. The van der Waals surface area contributed by atoms with Crippen LogP contribution in [0.3, 0.4) is 0 Å². The number of nitrogens with two attached hydrogens (primary N) is 1. The Hall–Kier alpha value is -3.28. The zero-order chi connectivity index (χ0) is 21.3. The molecule has 1 aliphatic rings. The lowest BCUT2D eigenvalue weighted by molar-refractivity contribution is 0.101. The normalized spacial score (nSPS) is 13.1. The van der Waals surface area contributed by atoms with Gasteiger partial charge in [0.25, 0.3) is 0 Å². The number of nitrogens with one attached hydrogen (secondary N) is 1. The third-order valence-corrected chi connectivity index (χ3v) is 5.86. The van der Waals surface area contributed by atoms with Crippen LogP contribution in [0.2, 0.25) is 0 Å². The SMILES string of the molecule is CC(=O)c1cc2c3c(c1)cc(C#CCNc1ccc(S(N)(=O)=O)cc1)n3CCCO2. The molecule has 0 fully saturated rings. The number of ether oxygens (including phenoxy) is 1. The highest BCUT2D eigenvalue weighted by molar-refractivity contribution is 7.89. The summed E-state index contributed by atoms with van der Waals surface area (Å²) in [7, 11) is -3.70. The van der Waals surface area contributed by atoms with E-state index in [1.54, 1.807) is 25.1 Å². The minimum absolute atomic E-state index is 0.000893. The largest absolute Gasteiger partial charge is 0.491 e. The van der Waals surface area contributed by atoms with Crippen LogP contribution in [-0.2, 0) is 16.6 Å². The average molecular weight is 423 g/mol. The second kappa shape index (κ2) is 7.86. The molecule has 30 heavy (non-hydrogen) atoms. The number of hydrogen-bond donors (Lipinski definition) is 2. The number of primary sulfonamides is 1. The molecule has 0 aliphatic carbocycles. The predicted octanol–water partition coefficient (Wildman–Crippen LogP) is 2.74. The first-order chi connectivity index (χ1) is 14.3. The number of aromatic nitrogens is 1. The molecule has 0 radical (unpaired) electrons. The Morgan fingerprint density at radius 1 is 1.23 bits per heavy atom. The molecule has 0 saturated carbocycles. The fraction of sp³-hybridized carbons (Fsp3) is 0.227. The molecular formula is C22H21N3O4S. The molecule has 3 aromatic rings. The molecule has 3 N–H and O–H groups in total. The number of Topliss-reactive ketones (excluding diaryl/α,β-unsaturated/α-hetero) is 1. The summed E-state index contributed by atoms with van der Waals surface area (Å²) in [5.41, 5.74) is 3.20. The number of carbonyl (C=O) groups excluding carboxylic acids is 1. The van der Waals surface area contributed by atoms with Crippen LogP contribution in [0.1, 0.15) is 29.4 Å². The minimum atomic E-state index is -3.70. The van der Waals surface area contributed by atoms with E-state index in [2.05, 4.69) is 21.7 Å². The molecule has 2 heterocycles.